The highest BCUT2D eigenvalue weighted by Gasteiger charge is 1.99. The molecule has 2 N–H and O–H groups in total. The van der Waals surface area contributed by atoms with Crippen LogP contribution < -0.4 is 5.73 Å². The lowest BCUT2D eigenvalue weighted by Gasteiger charge is -2.01. The Morgan fingerprint density at radius 2 is 2.00 bits per heavy atom. The molecule has 0 fully saturated rings. The van der Waals surface area contributed by atoms with Gasteiger partial charge in [0.1, 0.15) is 0 Å². The van der Waals surface area contributed by atoms with Gasteiger partial charge < -0.3 is 10.3 Å². The molecule has 0 saturated carbocycles. The molecule has 1 aromatic carbocycles. The molecule has 3 heteroatoms. The Labute approximate surface area is 89.6 Å². The molecule has 0 aliphatic heterocycles. The Morgan fingerprint density at radius 3 is 2.67 bits per heavy atom. The van der Waals surface area contributed by atoms with Crippen molar-refractivity contribution in [2.75, 3.05) is 5.73 Å². The summed E-state index contributed by atoms with van der Waals surface area (Å²) in [6, 6.07) is 7.78. The molecule has 78 valence electrons. The fourth-order valence-electron chi connectivity index (χ4n) is 1.54. The summed E-state index contributed by atoms with van der Waals surface area (Å²) in [4.78, 5) is 4.34. The molecule has 0 aliphatic rings. The first kappa shape index (κ1) is 9.77. The van der Waals surface area contributed by atoms with E-state index in [-0.39, 0.29) is 0 Å². The van der Waals surface area contributed by atoms with Gasteiger partial charge in [-0.3, -0.25) is 0 Å². The largest absolute Gasteiger partial charge is 0.399 e. The molecular formula is C12H15N3. The van der Waals surface area contributed by atoms with Crippen molar-refractivity contribution in [2.24, 2.45) is 0 Å². The Hall–Kier alpha value is -1.77. The molecule has 3 nitrogen and oxygen atoms in total. The predicted octanol–water partition coefficient (Wildman–Crippen LogP) is 2.41. The molecule has 2 aromatic rings. The van der Waals surface area contributed by atoms with Gasteiger partial charge in [0.05, 0.1) is 12.0 Å². The smallest absolute Gasteiger partial charge is 0.0995 e. The average molecular weight is 201 g/mol. The average Bonchev–Trinajstić information content (AvgIpc) is 2.68. The fourth-order valence-corrected chi connectivity index (χ4v) is 1.54. The minimum absolute atomic E-state index is 0.785. The van der Waals surface area contributed by atoms with Gasteiger partial charge in [-0.1, -0.05) is 13.3 Å². The first-order valence-corrected chi connectivity index (χ1v) is 5.18. The molecule has 1 heterocycles. The van der Waals surface area contributed by atoms with Crippen LogP contribution in [0.15, 0.2) is 36.8 Å². The van der Waals surface area contributed by atoms with Gasteiger partial charge in [0.25, 0.3) is 0 Å². The fraction of sp³-hybridized carbons (Fsp3) is 0.250. The van der Waals surface area contributed by atoms with Gasteiger partial charge in [-0.15, -0.1) is 0 Å². The highest BCUT2D eigenvalue weighted by Crippen LogP contribution is 2.11. The Bertz CT molecular complexity index is 428. The predicted molar refractivity (Wildman–Crippen MR) is 62.0 cm³/mol. The van der Waals surface area contributed by atoms with E-state index in [1.54, 1.807) is 0 Å². The van der Waals surface area contributed by atoms with Crippen LogP contribution in [0.1, 0.15) is 19.0 Å². The van der Waals surface area contributed by atoms with Crippen LogP contribution in [0.4, 0.5) is 5.69 Å². The standard InChI is InChI=1S/C12H15N3/c1-2-3-11-8-15(9-14-11)12-6-4-10(13)5-7-12/h4-9H,2-3,13H2,1H3. The summed E-state index contributed by atoms with van der Waals surface area (Å²) >= 11 is 0. The van der Waals surface area contributed by atoms with Crippen molar-refractivity contribution in [2.45, 2.75) is 19.8 Å². The summed E-state index contributed by atoms with van der Waals surface area (Å²) < 4.78 is 2.02. The van der Waals surface area contributed by atoms with Crippen LogP contribution in [0.5, 0.6) is 0 Å². The van der Waals surface area contributed by atoms with Crippen LogP contribution in [0, 0.1) is 0 Å². The van der Waals surface area contributed by atoms with Gasteiger partial charge in [0, 0.05) is 17.6 Å². The van der Waals surface area contributed by atoms with E-state index in [0.29, 0.717) is 0 Å². The minimum atomic E-state index is 0.785. The van der Waals surface area contributed by atoms with Crippen LogP contribution in [-0.2, 0) is 6.42 Å². The zero-order chi connectivity index (χ0) is 10.7. The number of hydrogen-bond donors (Lipinski definition) is 1. The summed E-state index contributed by atoms with van der Waals surface area (Å²) in [6.07, 6.45) is 6.06. The van der Waals surface area contributed by atoms with Crippen molar-refractivity contribution >= 4 is 5.69 Å². The second-order valence-electron chi connectivity index (χ2n) is 3.61. The van der Waals surface area contributed by atoms with Crippen molar-refractivity contribution in [1.29, 1.82) is 0 Å². The van der Waals surface area contributed by atoms with Gasteiger partial charge in [-0.25, -0.2) is 4.98 Å². The third kappa shape index (κ3) is 2.18. The van der Waals surface area contributed by atoms with E-state index in [2.05, 4.69) is 18.1 Å². The maximum absolute atomic E-state index is 5.63. The molecule has 15 heavy (non-hydrogen) atoms. The van der Waals surface area contributed by atoms with Crippen LogP contribution in [0.25, 0.3) is 5.69 Å². The second-order valence-corrected chi connectivity index (χ2v) is 3.61. The van der Waals surface area contributed by atoms with Crippen LogP contribution in [0.3, 0.4) is 0 Å². The quantitative estimate of drug-likeness (QED) is 0.775. The molecule has 0 spiro atoms. The molecule has 0 atom stereocenters. The molecule has 0 unspecified atom stereocenters. The van der Waals surface area contributed by atoms with Crippen molar-refractivity contribution < 1.29 is 0 Å². The number of imidazole rings is 1. The van der Waals surface area contributed by atoms with Gasteiger partial charge in [0.15, 0.2) is 0 Å². The number of aryl methyl sites for hydroxylation is 1. The number of nitrogens with zero attached hydrogens (tertiary/aromatic N) is 2. The molecule has 2 rings (SSSR count). The summed E-state index contributed by atoms with van der Waals surface area (Å²) in [6.45, 7) is 2.15. The first-order valence-electron chi connectivity index (χ1n) is 5.18. The zero-order valence-electron chi connectivity index (χ0n) is 8.85. The van der Waals surface area contributed by atoms with Crippen LogP contribution in [0.2, 0.25) is 0 Å². The number of rotatable bonds is 3. The van der Waals surface area contributed by atoms with E-state index < -0.39 is 0 Å². The van der Waals surface area contributed by atoms with E-state index in [0.717, 1.165) is 29.9 Å². The number of benzene rings is 1. The number of aromatic nitrogens is 2. The van der Waals surface area contributed by atoms with E-state index in [9.17, 15) is 0 Å². The summed E-state index contributed by atoms with van der Waals surface area (Å²) in [5, 5.41) is 0. The van der Waals surface area contributed by atoms with E-state index in [4.69, 9.17) is 5.73 Å². The summed E-state index contributed by atoms with van der Waals surface area (Å²) in [5.41, 5.74) is 8.65. The highest BCUT2D eigenvalue weighted by atomic mass is 15.0. The lowest BCUT2D eigenvalue weighted by molar-refractivity contribution is 0.891. The van der Waals surface area contributed by atoms with E-state index >= 15 is 0 Å². The zero-order valence-corrected chi connectivity index (χ0v) is 8.85. The summed E-state index contributed by atoms with van der Waals surface area (Å²) in [7, 11) is 0. The number of nitrogens with two attached hydrogens (primary N) is 1. The van der Waals surface area contributed by atoms with Crippen LogP contribution >= 0.6 is 0 Å². The molecule has 1 aromatic heterocycles. The van der Waals surface area contributed by atoms with E-state index in [1.807, 2.05) is 35.2 Å². The normalized spacial score (nSPS) is 10.5. The topological polar surface area (TPSA) is 43.8 Å². The molecule has 0 amide bonds. The van der Waals surface area contributed by atoms with Gasteiger partial charge in [-0.05, 0) is 30.7 Å². The minimum Gasteiger partial charge on any atom is -0.399 e. The van der Waals surface area contributed by atoms with Gasteiger partial charge >= 0.3 is 0 Å². The number of nitrogen functional groups attached to an aromatic ring is 1. The van der Waals surface area contributed by atoms with E-state index in [1.165, 1.54) is 0 Å². The third-order valence-electron chi connectivity index (χ3n) is 2.33. The Balaban J connectivity index is 2.25. The molecule has 0 bridgehead atoms. The monoisotopic (exact) mass is 201 g/mol. The molecular weight excluding hydrogens is 186 g/mol. The highest BCUT2D eigenvalue weighted by molar-refractivity contribution is 5.45. The Kier molecular flexibility index (Phi) is 2.72. The van der Waals surface area contributed by atoms with Crippen molar-refractivity contribution in [1.82, 2.24) is 9.55 Å². The van der Waals surface area contributed by atoms with Crippen LogP contribution in [-0.4, -0.2) is 9.55 Å². The molecule has 0 aliphatic carbocycles. The lowest BCUT2D eigenvalue weighted by atomic mass is 10.2. The van der Waals surface area contributed by atoms with Gasteiger partial charge in [-0.2, -0.15) is 0 Å². The molecule has 0 saturated heterocycles. The van der Waals surface area contributed by atoms with Crippen molar-refractivity contribution in [3.8, 4) is 5.69 Å². The SMILES string of the molecule is CCCc1cn(-c2ccc(N)cc2)cn1. The van der Waals surface area contributed by atoms with Crippen molar-refractivity contribution in [3.63, 3.8) is 0 Å². The number of anilines is 1. The summed E-state index contributed by atoms with van der Waals surface area (Å²) in [5.74, 6) is 0. The lowest BCUT2D eigenvalue weighted by Crippen LogP contribution is -1.91. The number of hydrogen-bond acceptors (Lipinski definition) is 2. The molecule has 0 radical (unpaired) electrons. The maximum atomic E-state index is 5.63. The first-order chi connectivity index (χ1) is 7.29. The van der Waals surface area contributed by atoms with Crippen molar-refractivity contribution in [3.05, 3.63) is 42.5 Å². The Morgan fingerprint density at radius 1 is 1.27 bits per heavy atom. The second kappa shape index (κ2) is 4.17. The van der Waals surface area contributed by atoms with Gasteiger partial charge in [0.2, 0.25) is 0 Å². The third-order valence-corrected chi connectivity index (χ3v) is 2.33. The maximum Gasteiger partial charge on any atom is 0.0995 e.